The Hall–Kier alpha value is -2.33. The number of ether oxygens (including phenoxy) is 1. The van der Waals surface area contributed by atoms with Gasteiger partial charge in [0.05, 0.1) is 0 Å². The molecule has 0 atom stereocenters. The number of hydrogen-bond acceptors (Lipinski definition) is 3. The number of rotatable bonds is 6. The van der Waals surface area contributed by atoms with Gasteiger partial charge in [0.15, 0.2) is 0 Å². The second-order valence-corrected chi connectivity index (χ2v) is 6.41. The summed E-state index contributed by atoms with van der Waals surface area (Å²) >= 11 is 0. The van der Waals surface area contributed by atoms with Crippen molar-refractivity contribution in [1.82, 2.24) is 5.32 Å². The zero-order chi connectivity index (χ0) is 16.7. The minimum atomic E-state index is -0.00141. The molecule has 0 aromatic heterocycles. The first-order valence-electron chi connectivity index (χ1n) is 7.80. The number of nitrogens with one attached hydrogen (secondary N) is 2. The zero-order valence-electron chi connectivity index (χ0n) is 13.9. The van der Waals surface area contributed by atoms with Gasteiger partial charge in [0, 0.05) is 24.2 Å². The van der Waals surface area contributed by atoms with Crippen molar-refractivity contribution in [3.8, 4) is 11.5 Å². The zero-order valence-corrected chi connectivity index (χ0v) is 13.9. The van der Waals surface area contributed by atoms with Gasteiger partial charge in [0.2, 0.25) is 5.91 Å². The molecule has 0 unspecified atom stereocenters. The molecule has 0 bridgehead atoms. The van der Waals surface area contributed by atoms with E-state index in [0.29, 0.717) is 13.0 Å². The summed E-state index contributed by atoms with van der Waals surface area (Å²) in [5, 5.41) is 6.18. The number of carbonyl (C=O) groups excluding carboxylic acids is 1. The quantitative estimate of drug-likeness (QED) is 0.840. The third kappa shape index (κ3) is 6.53. The van der Waals surface area contributed by atoms with Crippen LogP contribution in [0.2, 0.25) is 0 Å². The van der Waals surface area contributed by atoms with Crippen LogP contribution in [0.3, 0.4) is 0 Å². The van der Waals surface area contributed by atoms with Crippen LogP contribution in [0.4, 0.5) is 5.69 Å². The highest BCUT2D eigenvalue weighted by atomic mass is 16.5. The SMILES string of the molecule is CC(C)(C)NCCC(=O)Nc1ccc(Oc2ccccc2)cc1. The fourth-order valence-electron chi connectivity index (χ4n) is 2.01. The van der Waals surface area contributed by atoms with Gasteiger partial charge in [-0.25, -0.2) is 0 Å². The van der Waals surface area contributed by atoms with Crippen LogP contribution in [-0.2, 0) is 4.79 Å². The van der Waals surface area contributed by atoms with Crippen molar-refractivity contribution in [2.24, 2.45) is 0 Å². The van der Waals surface area contributed by atoms with Gasteiger partial charge >= 0.3 is 0 Å². The van der Waals surface area contributed by atoms with Crippen LogP contribution in [0.25, 0.3) is 0 Å². The molecular weight excluding hydrogens is 288 g/mol. The van der Waals surface area contributed by atoms with Gasteiger partial charge in [-0.05, 0) is 57.2 Å². The number of amides is 1. The number of carbonyl (C=O) groups is 1. The molecule has 2 aromatic carbocycles. The molecular formula is C19H24N2O2. The van der Waals surface area contributed by atoms with Gasteiger partial charge in [-0.1, -0.05) is 18.2 Å². The van der Waals surface area contributed by atoms with Gasteiger partial charge in [-0.3, -0.25) is 4.79 Å². The summed E-state index contributed by atoms with van der Waals surface area (Å²) in [5.74, 6) is 1.53. The minimum absolute atomic E-state index is 0.00141. The molecule has 0 saturated carbocycles. The molecule has 2 rings (SSSR count). The predicted octanol–water partition coefficient (Wildman–Crippen LogP) is 4.20. The predicted molar refractivity (Wildman–Crippen MR) is 94.0 cm³/mol. The van der Waals surface area contributed by atoms with E-state index in [1.165, 1.54) is 0 Å². The average Bonchev–Trinajstić information content (AvgIpc) is 2.49. The Bertz CT molecular complexity index is 616. The third-order valence-corrected chi connectivity index (χ3v) is 3.12. The molecule has 4 heteroatoms. The van der Waals surface area contributed by atoms with E-state index in [-0.39, 0.29) is 11.4 Å². The van der Waals surface area contributed by atoms with Gasteiger partial charge in [-0.2, -0.15) is 0 Å². The second-order valence-electron chi connectivity index (χ2n) is 6.41. The topological polar surface area (TPSA) is 50.4 Å². The first-order valence-corrected chi connectivity index (χ1v) is 7.80. The van der Waals surface area contributed by atoms with Gasteiger partial charge < -0.3 is 15.4 Å². The molecule has 0 saturated heterocycles. The van der Waals surface area contributed by atoms with E-state index in [4.69, 9.17) is 4.74 Å². The summed E-state index contributed by atoms with van der Waals surface area (Å²) in [4.78, 5) is 11.9. The summed E-state index contributed by atoms with van der Waals surface area (Å²) in [7, 11) is 0. The van der Waals surface area contributed by atoms with Crippen molar-refractivity contribution in [2.45, 2.75) is 32.7 Å². The molecule has 2 N–H and O–H groups in total. The Labute approximate surface area is 137 Å². The van der Waals surface area contributed by atoms with Crippen molar-refractivity contribution in [2.75, 3.05) is 11.9 Å². The minimum Gasteiger partial charge on any atom is -0.457 e. The van der Waals surface area contributed by atoms with Crippen molar-refractivity contribution in [1.29, 1.82) is 0 Å². The van der Waals surface area contributed by atoms with E-state index in [2.05, 4.69) is 31.4 Å². The van der Waals surface area contributed by atoms with Crippen LogP contribution in [0.5, 0.6) is 11.5 Å². The molecule has 2 aromatic rings. The first-order chi connectivity index (χ1) is 10.9. The van der Waals surface area contributed by atoms with E-state index in [1.54, 1.807) is 0 Å². The van der Waals surface area contributed by atoms with Crippen LogP contribution in [0, 0.1) is 0 Å². The number of benzene rings is 2. The third-order valence-electron chi connectivity index (χ3n) is 3.12. The monoisotopic (exact) mass is 312 g/mol. The highest BCUT2D eigenvalue weighted by molar-refractivity contribution is 5.90. The number of anilines is 1. The Morgan fingerprint density at radius 1 is 0.957 bits per heavy atom. The van der Waals surface area contributed by atoms with Gasteiger partial charge in [0.1, 0.15) is 11.5 Å². The fourth-order valence-corrected chi connectivity index (χ4v) is 2.01. The van der Waals surface area contributed by atoms with Crippen LogP contribution in [-0.4, -0.2) is 18.0 Å². The maximum absolute atomic E-state index is 11.9. The lowest BCUT2D eigenvalue weighted by Gasteiger charge is -2.20. The Kier molecular flexibility index (Phi) is 5.77. The highest BCUT2D eigenvalue weighted by Crippen LogP contribution is 2.22. The summed E-state index contributed by atoms with van der Waals surface area (Å²) in [6.45, 7) is 6.90. The first kappa shape index (κ1) is 17.0. The van der Waals surface area contributed by atoms with E-state index in [9.17, 15) is 4.79 Å². The average molecular weight is 312 g/mol. The molecule has 0 aliphatic rings. The molecule has 1 amide bonds. The van der Waals surface area contributed by atoms with Crippen LogP contribution < -0.4 is 15.4 Å². The lowest BCUT2D eigenvalue weighted by atomic mass is 10.1. The van der Waals surface area contributed by atoms with Crippen molar-refractivity contribution < 1.29 is 9.53 Å². The van der Waals surface area contributed by atoms with E-state index >= 15 is 0 Å². The molecule has 0 radical (unpaired) electrons. The molecule has 122 valence electrons. The van der Waals surface area contributed by atoms with E-state index in [1.807, 2.05) is 54.6 Å². The lowest BCUT2D eigenvalue weighted by Crippen LogP contribution is -2.37. The van der Waals surface area contributed by atoms with Crippen LogP contribution in [0.1, 0.15) is 27.2 Å². The normalized spacial score (nSPS) is 11.1. The molecule has 4 nitrogen and oxygen atoms in total. The summed E-state index contributed by atoms with van der Waals surface area (Å²) in [5.41, 5.74) is 0.794. The summed E-state index contributed by atoms with van der Waals surface area (Å²) in [6.07, 6.45) is 0.444. The molecule has 0 aliphatic carbocycles. The lowest BCUT2D eigenvalue weighted by molar-refractivity contribution is -0.116. The Morgan fingerprint density at radius 3 is 2.17 bits per heavy atom. The van der Waals surface area contributed by atoms with E-state index < -0.39 is 0 Å². The fraction of sp³-hybridized carbons (Fsp3) is 0.316. The van der Waals surface area contributed by atoms with Gasteiger partial charge in [0.25, 0.3) is 0 Å². The Morgan fingerprint density at radius 2 is 1.57 bits per heavy atom. The maximum Gasteiger partial charge on any atom is 0.225 e. The van der Waals surface area contributed by atoms with Crippen molar-refractivity contribution in [3.63, 3.8) is 0 Å². The standard InChI is InChI=1S/C19H24N2O2/c1-19(2,3)20-14-13-18(22)21-15-9-11-17(12-10-15)23-16-7-5-4-6-8-16/h4-12,20H,13-14H2,1-3H3,(H,21,22). The molecule has 0 fully saturated rings. The van der Waals surface area contributed by atoms with Crippen LogP contribution >= 0.6 is 0 Å². The van der Waals surface area contributed by atoms with Crippen molar-refractivity contribution in [3.05, 3.63) is 54.6 Å². The highest BCUT2D eigenvalue weighted by Gasteiger charge is 2.09. The Balaban J connectivity index is 1.81. The number of para-hydroxylation sites is 1. The smallest absolute Gasteiger partial charge is 0.225 e. The maximum atomic E-state index is 11.9. The van der Waals surface area contributed by atoms with Crippen LogP contribution in [0.15, 0.2) is 54.6 Å². The second kappa shape index (κ2) is 7.79. The number of hydrogen-bond donors (Lipinski definition) is 2. The molecule has 0 spiro atoms. The largest absolute Gasteiger partial charge is 0.457 e. The van der Waals surface area contributed by atoms with Crippen molar-refractivity contribution >= 4 is 11.6 Å². The van der Waals surface area contributed by atoms with E-state index in [0.717, 1.165) is 17.2 Å². The molecule has 0 heterocycles. The summed E-state index contributed by atoms with van der Waals surface area (Å²) in [6, 6.07) is 17.0. The molecule has 23 heavy (non-hydrogen) atoms. The summed E-state index contributed by atoms with van der Waals surface area (Å²) < 4.78 is 5.72. The van der Waals surface area contributed by atoms with Gasteiger partial charge in [-0.15, -0.1) is 0 Å². The molecule has 0 aliphatic heterocycles.